The summed E-state index contributed by atoms with van der Waals surface area (Å²) in [6, 6.07) is 9.83. The summed E-state index contributed by atoms with van der Waals surface area (Å²) >= 11 is 5.94. The standard InChI is InChI=1S/C15H9ClFN3O/c16-11-2-1-3-13(6-11)20-8-10(9-21)15(19-20)14-5-4-12(17)7-18-14/h1-9H. The van der Waals surface area contributed by atoms with Gasteiger partial charge in [0.1, 0.15) is 11.5 Å². The number of hydrogen-bond donors (Lipinski definition) is 0. The molecular weight excluding hydrogens is 293 g/mol. The van der Waals surface area contributed by atoms with Crippen LogP contribution in [0, 0.1) is 5.82 Å². The maximum absolute atomic E-state index is 12.9. The van der Waals surface area contributed by atoms with E-state index in [9.17, 15) is 9.18 Å². The second-order valence-corrected chi connectivity index (χ2v) is 4.77. The Balaban J connectivity index is 2.10. The number of halogens is 2. The largest absolute Gasteiger partial charge is 0.298 e. The Labute approximate surface area is 124 Å². The van der Waals surface area contributed by atoms with E-state index < -0.39 is 5.82 Å². The van der Waals surface area contributed by atoms with Crippen LogP contribution in [0.4, 0.5) is 4.39 Å². The predicted octanol–water partition coefficient (Wildman–Crippen LogP) is 3.54. The molecule has 4 nitrogen and oxygen atoms in total. The molecule has 3 aromatic rings. The van der Waals surface area contributed by atoms with Crippen molar-refractivity contribution in [3.63, 3.8) is 0 Å². The topological polar surface area (TPSA) is 47.8 Å². The van der Waals surface area contributed by atoms with E-state index in [0.29, 0.717) is 28.3 Å². The second-order valence-electron chi connectivity index (χ2n) is 4.34. The number of hydrogen-bond acceptors (Lipinski definition) is 3. The number of rotatable bonds is 3. The Morgan fingerprint density at radius 2 is 2.10 bits per heavy atom. The average Bonchev–Trinajstić information content (AvgIpc) is 2.92. The second kappa shape index (κ2) is 5.46. The molecule has 0 aliphatic carbocycles. The van der Waals surface area contributed by atoms with Gasteiger partial charge in [-0.2, -0.15) is 5.10 Å². The lowest BCUT2D eigenvalue weighted by molar-refractivity contribution is 0.112. The molecule has 21 heavy (non-hydrogen) atoms. The number of carbonyl (C=O) groups is 1. The molecule has 0 aliphatic heterocycles. The molecule has 0 amide bonds. The summed E-state index contributed by atoms with van der Waals surface area (Å²) in [5, 5.41) is 4.90. The van der Waals surface area contributed by atoms with Gasteiger partial charge >= 0.3 is 0 Å². The van der Waals surface area contributed by atoms with Crippen LogP contribution in [0.15, 0.2) is 48.8 Å². The molecule has 2 heterocycles. The van der Waals surface area contributed by atoms with Gasteiger partial charge in [-0.1, -0.05) is 17.7 Å². The highest BCUT2D eigenvalue weighted by Gasteiger charge is 2.13. The molecule has 0 N–H and O–H groups in total. The van der Waals surface area contributed by atoms with Crippen molar-refractivity contribution < 1.29 is 9.18 Å². The first kappa shape index (κ1) is 13.5. The summed E-state index contributed by atoms with van der Waals surface area (Å²) in [6.45, 7) is 0. The van der Waals surface area contributed by atoms with Crippen molar-refractivity contribution in [3.8, 4) is 17.1 Å². The summed E-state index contributed by atoms with van der Waals surface area (Å²) in [5.74, 6) is -0.444. The highest BCUT2D eigenvalue weighted by atomic mass is 35.5. The van der Waals surface area contributed by atoms with E-state index in [4.69, 9.17) is 11.6 Å². The number of aromatic nitrogens is 3. The molecular formula is C15H9ClFN3O. The van der Waals surface area contributed by atoms with E-state index in [-0.39, 0.29) is 0 Å². The molecule has 0 aliphatic rings. The monoisotopic (exact) mass is 301 g/mol. The van der Waals surface area contributed by atoms with E-state index >= 15 is 0 Å². The third-order valence-corrected chi connectivity index (χ3v) is 3.15. The van der Waals surface area contributed by atoms with Crippen molar-refractivity contribution in [2.45, 2.75) is 0 Å². The van der Waals surface area contributed by atoms with Crippen LogP contribution >= 0.6 is 11.6 Å². The average molecular weight is 302 g/mol. The van der Waals surface area contributed by atoms with Crippen LogP contribution in [0.2, 0.25) is 5.02 Å². The quantitative estimate of drug-likeness (QED) is 0.695. The fourth-order valence-corrected chi connectivity index (χ4v) is 2.12. The summed E-state index contributed by atoms with van der Waals surface area (Å²) in [5.41, 5.74) is 1.91. The Morgan fingerprint density at radius 3 is 2.76 bits per heavy atom. The lowest BCUT2D eigenvalue weighted by atomic mass is 10.2. The van der Waals surface area contributed by atoms with Crippen molar-refractivity contribution in [3.05, 3.63) is 65.2 Å². The lowest BCUT2D eigenvalue weighted by Crippen LogP contribution is -1.95. The van der Waals surface area contributed by atoms with Gasteiger partial charge in [0.15, 0.2) is 6.29 Å². The van der Waals surface area contributed by atoms with E-state index in [0.717, 1.165) is 11.9 Å². The van der Waals surface area contributed by atoms with E-state index in [1.54, 1.807) is 24.4 Å². The minimum Gasteiger partial charge on any atom is -0.298 e. The van der Waals surface area contributed by atoms with Crippen LogP contribution in [-0.4, -0.2) is 21.1 Å². The van der Waals surface area contributed by atoms with Gasteiger partial charge in [0.05, 0.1) is 23.1 Å². The minimum atomic E-state index is -0.444. The Bertz CT molecular complexity index is 799. The number of aldehydes is 1. The van der Waals surface area contributed by atoms with Gasteiger partial charge in [0.2, 0.25) is 0 Å². The van der Waals surface area contributed by atoms with Gasteiger partial charge in [-0.25, -0.2) is 9.07 Å². The van der Waals surface area contributed by atoms with Crippen molar-refractivity contribution in [1.29, 1.82) is 0 Å². The van der Waals surface area contributed by atoms with Crippen LogP contribution in [0.5, 0.6) is 0 Å². The van der Waals surface area contributed by atoms with Crippen LogP contribution < -0.4 is 0 Å². The van der Waals surface area contributed by atoms with Crippen LogP contribution in [0.3, 0.4) is 0 Å². The van der Waals surface area contributed by atoms with Crippen LogP contribution in [-0.2, 0) is 0 Å². The Morgan fingerprint density at radius 1 is 1.24 bits per heavy atom. The summed E-state index contributed by atoms with van der Waals surface area (Å²) < 4.78 is 14.5. The molecule has 104 valence electrons. The molecule has 2 aromatic heterocycles. The fourth-order valence-electron chi connectivity index (χ4n) is 1.94. The molecule has 0 spiro atoms. The van der Waals surface area contributed by atoms with Crippen molar-refractivity contribution in [1.82, 2.24) is 14.8 Å². The zero-order valence-corrected chi connectivity index (χ0v) is 11.5. The first-order valence-corrected chi connectivity index (χ1v) is 6.48. The SMILES string of the molecule is O=Cc1cn(-c2cccc(Cl)c2)nc1-c1ccc(F)cn1. The molecule has 3 rings (SSSR count). The number of nitrogens with zero attached hydrogens (tertiary/aromatic N) is 3. The molecule has 0 bridgehead atoms. The zero-order chi connectivity index (χ0) is 14.8. The van der Waals surface area contributed by atoms with Crippen LogP contribution in [0.1, 0.15) is 10.4 Å². The minimum absolute atomic E-state index is 0.370. The van der Waals surface area contributed by atoms with Crippen LogP contribution in [0.25, 0.3) is 17.1 Å². The normalized spacial score (nSPS) is 10.6. The van der Waals surface area contributed by atoms with Gasteiger partial charge in [0, 0.05) is 11.2 Å². The van der Waals surface area contributed by atoms with E-state index in [1.807, 2.05) is 6.07 Å². The highest BCUT2D eigenvalue weighted by molar-refractivity contribution is 6.30. The molecule has 0 atom stereocenters. The molecule has 0 saturated heterocycles. The number of carbonyl (C=O) groups excluding carboxylic acids is 1. The maximum atomic E-state index is 12.9. The summed E-state index contributed by atoms with van der Waals surface area (Å²) in [4.78, 5) is 15.1. The highest BCUT2D eigenvalue weighted by Crippen LogP contribution is 2.22. The predicted molar refractivity (Wildman–Crippen MR) is 77.2 cm³/mol. The van der Waals surface area contributed by atoms with Gasteiger partial charge < -0.3 is 0 Å². The molecule has 1 aromatic carbocycles. The van der Waals surface area contributed by atoms with Crippen molar-refractivity contribution in [2.24, 2.45) is 0 Å². The van der Waals surface area contributed by atoms with Gasteiger partial charge in [-0.05, 0) is 30.3 Å². The number of pyridine rings is 1. The smallest absolute Gasteiger partial charge is 0.153 e. The molecule has 6 heteroatoms. The van der Waals surface area contributed by atoms with E-state index in [2.05, 4.69) is 10.1 Å². The first-order chi connectivity index (χ1) is 10.2. The third kappa shape index (κ3) is 2.68. The molecule has 0 fully saturated rings. The zero-order valence-electron chi connectivity index (χ0n) is 10.7. The summed E-state index contributed by atoms with van der Waals surface area (Å²) in [6.07, 6.45) is 3.36. The fraction of sp³-hybridized carbons (Fsp3) is 0. The molecule has 0 unspecified atom stereocenters. The first-order valence-electron chi connectivity index (χ1n) is 6.10. The Kier molecular flexibility index (Phi) is 3.50. The third-order valence-electron chi connectivity index (χ3n) is 2.91. The number of benzene rings is 1. The van der Waals surface area contributed by atoms with Crippen molar-refractivity contribution in [2.75, 3.05) is 0 Å². The van der Waals surface area contributed by atoms with Gasteiger partial charge in [0.25, 0.3) is 0 Å². The van der Waals surface area contributed by atoms with E-state index in [1.165, 1.54) is 16.8 Å². The summed E-state index contributed by atoms with van der Waals surface area (Å²) in [7, 11) is 0. The Hall–Kier alpha value is -2.53. The van der Waals surface area contributed by atoms with Crippen molar-refractivity contribution >= 4 is 17.9 Å². The molecule has 0 saturated carbocycles. The van der Waals surface area contributed by atoms with Gasteiger partial charge in [-0.15, -0.1) is 0 Å². The lowest BCUT2D eigenvalue weighted by Gasteiger charge is -2.01. The molecule has 0 radical (unpaired) electrons. The van der Waals surface area contributed by atoms with Gasteiger partial charge in [-0.3, -0.25) is 9.78 Å². The maximum Gasteiger partial charge on any atom is 0.153 e.